The number of H-pyrrole nitrogens is 1. The van der Waals surface area contributed by atoms with Crippen LogP contribution in [0.4, 0.5) is 4.39 Å². The fourth-order valence-corrected chi connectivity index (χ4v) is 2.68. The second kappa shape index (κ2) is 4.73. The summed E-state index contributed by atoms with van der Waals surface area (Å²) in [7, 11) is 0. The van der Waals surface area contributed by atoms with E-state index in [0.29, 0.717) is 0 Å². The third-order valence-electron chi connectivity index (χ3n) is 3.50. The van der Waals surface area contributed by atoms with Crippen molar-refractivity contribution in [1.82, 2.24) is 9.55 Å². The number of nitrogens with zero attached hydrogens (tertiary/aromatic N) is 1. The summed E-state index contributed by atoms with van der Waals surface area (Å²) in [5, 5.41) is 9.34. The zero-order valence-electron chi connectivity index (χ0n) is 11.4. The van der Waals surface area contributed by atoms with Crippen molar-refractivity contribution < 1.29 is 23.7 Å². The van der Waals surface area contributed by atoms with Crippen molar-refractivity contribution in [2.24, 2.45) is 0 Å². The Morgan fingerprint density at radius 1 is 1.38 bits per heavy atom. The molecule has 0 amide bonds. The Balaban J connectivity index is 2.01. The van der Waals surface area contributed by atoms with E-state index in [-0.39, 0.29) is 6.61 Å². The Labute approximate surface area is 118 Å². The van der Waals surface area contributed by atoms with Crippen molar-refractivity contribution in [1.29, 1.82) is 0 Å². The lowest BCUT2D eigenvalue weighted by molar-refractivity contribution is -0.200. The summed E-state index contributed by atoms with van der Waals surface area (Å²) >= 11 is 0. The summed E-state index contributed by atoms with van der Waals surface area (Å²) in [6.07, 6.45) is -2.22. The van der Waals surface area contributed by atoms with Crippen molar-refractivity contribution in [2.45, 2.75) is 44.2 Å². The van der Waals surface area contributed by atoms with Gasteiger partial charge in [0, 0.05) is 0 Å². The normalized spacial score (nSPS) is 34.1. The molecular weight excluding hydrogens is 290 g/mol. The van der Waals surface area contributed by atoms with Crippen LogP contribution in [0.25, 0.3) is 0 Å². The second-order valence-corrected chi connectivity index (χ2v) is 5.46. The molecule has 0 aromatic carbocycles. The first-order chi connectivity index (χ1) is 9.82. The summed E-state index contributed by atoms with van der Waals surface area (Å²) in [6, 6.07) is 0. The molecule has 4 atom stereocenters. The molecule has 0 saturated carbocycles. The number of aromatic amines is 1. The largest absolute Gasteiger partial charge is 0.394 e. The van der Waals surface area contributed by atoms with Crippen LogP contribution in [0.5, 0.6) is 0 Å². The third-order valence-corrected chi connectivity index (χ3v) is 3.50. The van der Waals surface area contributed by atoms with Gasteiger partial charge >= 0.3 is 5.69 Å². The Kier molecular flexibility index (Phi) is 3.24. The summed E-state index contributed by atoms with van der Waals surface area (Å²) in [4.78, 5) is 24.8. The van der Waals surface area contributed by atoms with Crippen LogP contribution in [0.3, 0.4) is 0 Å². The van der Waals surface area contributed by atoms with Gasteiger partial charge in [-0.25, -0.2) is 4.79 Å². The van der Waals surface area contributed by atoms with Crippen LogP contribution in [0.1, 0.15) is 20.1 Å². The molecule has 9 heteroatoms. The minimum absolute atomic E-state index is 0.336. The number of nitrogens with one attached hydrogen (secondary N) is 1. The number of fused-ring (bicyclic) bond motifs is 1. The van der Waals surface area contributed by atoms with E-state index in [4.69, 9.17) is 14.2 Å². The molecule has 1 aromatic heterocycles. The molecule has 2 N–H and O–H groups in total. The predicted octanol–water partition coefficient (Wildman–Crippen LogP) is -0.914. The molecule has 21 heavy (non-hydrogen) atoms. The van der Waals surface area contributed by atoms with E-state index < -0.39 is 47.4 Å². The van der Waals surface area contributed by atoms with E-state index in [1.807, 2.05) is 4.98 Å². The van der Waals surface area contributed by atoms with E-state index >= 15 is 0 Å². The van der Waals surface area contributed by atoms with Crippen molar-refractivity contribution in [3.05, 3.63) is 32.9 Å². The van der Waals surface area contributed by atoms with Gasteiger partial charge in [-0.2, -0.15) is 4.39 Å². The minimum atomic E-state index is -1.11. The van der Waals surface area contributed by atoms with Gasteiger partial charge < -0.3 is 19.3 Å². The number of aliphatic hydroxyl groups is 1. The number of hydrogen-bond donors (Lipinski definition) is 2. The number of halogens is 1. The Hall–Kier alpha value is -1.55. The van der Waals surface area contributed by atoms with Gasteiger partial charge in [-0.05, 0) is 13.8 Å². The average Bonchev–Trinajstić information content (AvgIpc) is 2.87. The van der Waals surface area contributed by atoms with Crippen LogP contribution in [0.2, 0.25) is 0 Å². The van der Waals surface area contributed by atoms with Crippen molar-refractivity contribution >= 4 is 0 Å². The maximum Gasteiger partial charge on any atom is 0.330 e. The van der Waals surface area contributed by atoms with E-state index in [9.17, 15) is 19.1 Å². The van der Waals surface area contributed by atoms with Crippen LogP contribution in [-0.2, 0) is 14.2 Å². The summed E-state index contributed by atoms with van der Waals surface area (Å²) in [5.41, 5.74) is -1.93. The highest BCUT2D eigenvalue weighted by molar-refractivity contribution is 4.99. The van der Waals surface area contributed by atoms with Crippen LogP contribution < -0.4 is 11.2 Å². The van der Waals surface area contributed by atoms with E-state index in [0.717, 1.165) is 10.8 Å². The van der Waals surface area contributed by atoms with Crippen LogP contribution >= 0.6 is 0 Å². The first-order valence-corrected chi connectivity index (χ1v) is 6.45. The average molecular weight is 305 g/mol. The van der Waals surface area contributed by atoms with Crippen molar-refractivity contribution in [3.63, 3.8) is 0 Å². The predicted molar refractivity (Wildman–Crippen MR) is 66.1 cm³/mol. The summed E-state index contributed by atoms with van der Waals surface area (Å²) < 4.78 is 31.1. The van der Waals surface area contributed by atoms with E-state index in [1.54, 1.807) is 13.8 Å². The lowest BCUT2D eigenvalue weighted by Crippen LogP contribution is -2.38. The second-order valence-electron chi connectivity index (χ2n) is 5.46. The third kappa shape index (κ3) is 2.31. The molecule has 0 aliphatic carbocycles. The molecule has 0 radical (unpaired) electrons. The number of aliphatic hydroxyl groups excluding tert-OH is 1. The van der Waals surface area contributed by atoms with Gasteiger partial charge in [-0.3, -0.25) is 14.3 Å². The highest BCUT2D eigenvalue weighted by atomic mass is 19.1. The van der Waals surface area contributed by atoms with Crippen molar-refractivity contribution in [3.8, 4) is 0 Å². The monoisotopic (exact) mass is 305 g/mol. The number of aromatic nitrogens is 2. The quantitative estimate of drug-likeness (QED) is 0.733. The standard InChI is InChI=1S/C12H15FN2O6/c1-12(2)20-7-6(4-16)19-10(8(7)21-12)15-3-5(13)9(17)14-11(15)18/h3,6-8,10,16H,4H2,1-2H3,(H,14,17,18)/t6-,7-,8-,10-/m1/s1/i11+1,14+1,15+1. The molecular formula is C12H15FN2O6. The number of rotatable bonds is 2. The fraction of sp³-hybridized carbons (Fsp3) is 0.667. The zero-order valence-corrected chi connectivity index (χ0v) is 11.4. The Morgan fingerprint density at radius 2 is 2.05 bits per heavy atom. The SMILES string of the molecule is CC1(C)O[C@@H]2[C@H](O1)[C@@H](CO)O[C@H]2[15n]1cc(F)c(=O)[15nH][13c]1=O. The fourth-order valence-electron chi connectivity index (χ4n) is 2.68. The first-order valence-electron chi connectivity index (χ1n) is 6.45. The van der Waals surface area contributed by atoms with Gasteiger partial charge in [0.1, 0.15) is 18.3 Å². The number of hydrogen-bond acceptors (Lipinski definition) is 6. The van der Waals surface area contributed by atoms with Gasteiger partial charge in [-0.1, -0.05) is 0 Å². The van der Waals surface area contributed by atoms with Crippen LogP contribution in [0.15, 0.2) is 15.8 Å². The molecule has 0 spiro atoms. The van der Waals surface area contributed by atoms with Crippen LogP contribution in [-0.4, -0.2) is 45.4 Å². The molecule has 3 heterocycles. The van der Waals surface area contributed by atoms with Crippen LogP contribution in [0, 0.1) is 5.82 Å². The lowest BCUT2D eigenvalue weighted by Gasteiger charge is -2.24. The highest BCUT2D eigenvalue weighted by Gasteiger charge is 2.55. The van der Waals surface area contributed by atoms with Gasteiger partial charge in [-0.15, -0.1) is 0 Å². The molecule has 3 rings (SSSR count). The maximum absolute atomic E-state index is 13.4. The molecule has 0 unspecified atom stereocenters. The molecule has 8 nitrogen and oxygen atoms in total. The zero-order chi connectivity index (χ0) is 15.4. The molecule has 2 saturated heterocycles. The highest BCUT2D eigenvalue weighted by Crippen LogP contribution is 2.42. The summed E-state index contributed by atoms with van der Waals surface area (Å²) in [6.45, 7) is 3.04. The maximum atomic E-state index is 13.4. The summed E-state index contributed by atoms with van der Waals surface area (Å²) in [5.74, 6) is -2.02. The first kappa shape index (κ1) is 14.4. The van der Waals surface area contributed by atoms with Crippen molar-refractivity contribution in [2.75, 3.05) is 6.61 Å². The topological polar surface area (TPSA) is 103 Å². The molecule has 2 aliphatic rings. The van der Waals surface area contributed by atoms with E-state index in [1.165, 1.54) is 0 Å². The molecule has 0 bridgehead atoms. The van der Waals surface area contributed by atoms with Gasteiger partial charge in [0.15, 0.2) is 12.0 Å². The van der Waals surface area contributed by atoms with E-state index in [2.05, 4.69) is 0 Å². The Bertz CT molecular complexity index is 668. The molecule has 116 valence electrons. The molecule has 1 aromatic rings. The number of ether oxygens (including phenoxy) is 3. The van der Waals surface area contributed by atoms with Gasteiger partial charge in [0.25, 0.3) is 5.56 Å². The minimum Gasteiger partial charge on any atom is -0.394 e. The lowest BCUT2D eigenvalue weighted by atomic mass is 10.1. The smallest absolute Gasteiger partial charge is 0.330 e. The Morgan fingerprint density at radius 3 is 2.71 bits per heavy atom. The molecule has 2 aliphatic heterocycles. The molecule has 2 fully saturated rings. The van der Waals surface area contributed by atoms with Gasteiger partial charge in [0.05, 0.1) is 12.8 Å². The van der Waals surface area contributed by atoms with Gasteiger partial charge in [0.2, 0.25) is 5.82 Å².